The Bertz CT molecular complexity index is 1120. The van der Waals surface area contributed by atoms with Crippen molar-refractivity contribution in [3.8, 4) is 5.75 Å². The first-order chi connectivity index (χ1) is 14.9. The van der Waals surface area contributed by atoms with Crippen LogP contribution in [0.4, 0.5) is 11.4 Å². The Morgan fingerprint density at radius 1 is 1.23 bits per heavy atom. The average Bonchev–Trinajstić information content (AvgIpc) is 3.14. The van der Waals surface area contributed by atoms with Crippen molar-refractivity contribution < 1.29 is 14.3 Å². The Morgan fingerprint density at radius 3 is 2.74 bits per heavy atom. The third-order valence-corrected chi connectivity index (χ3v) is 6.11. The molecule has 0 aliphatic carbocycles. The van der Waals surface area contributed by atoms with Crippen LogP contribution in [-0.2, 0) is 16.6 Å². The van der Waals surface area contributed by atoms with Crippen molar-refractivity contribution in [3.63, 3.8) is 0 Å². The highest BCUT2D eigenvalue weighted by atomic mass is 35.5. The minimum absolute atomic E-state index is 0.0221. The monoisotopic (exact) mass is 457 g/mol. The van der Waals surface area contributed by atoms with Crippen LogP contribution in [0.3, 0.4) is 0 Å². The number of nitrogens with zero attached hydrogens (tertiary/aromatic N) is 4. The Labute approximate surface area is 188 Å². The summed E-state index contributed by atoms with van der Waals surface area (Å²) in [5.41, 5.74) is 1.37. The van der Waals surface area contributed by atoms with Crippen molar-refractivity contribution in [3.05, 3.63) is 59.4 Å². The second-order valence-corrected chi connectivity index (χ2v) is 8.32. The lowest BCUT2D eigenvalue weighted by Crippen LogP contribution is -2.41. The van der Waals surface area contributed by atoms with Crippen molar-refractivity contribution in [1.82, 2.24) is 14.8 Å². The molecule has 0 spiro atoms. The van der Waals surface area contributed by atoms with E-state index in [9.17, 15) is 9.59 Å². The van der Waals surface area contributed by atoms with E-state index in [1.807, 2.05) is 38.2 Å². The van der Waals surface area contributed by atoms with Gasteiger partial charge in [0.25, 0.3) is 5.91 Å². The van der Waals surface area contributed by atoms with Crippen LogP contribution in [0.1, 0.15) is 18.8 Å². The molecule has 0 saturated heterocycles. The Morgan fingerprint density at radius 2 is 1.97 bits per heavy atom. The molecule has 31 heavy (non-hydrogen) atoms. The number of ether oxygens (including phenoxy) is 1. The van der Waals surface area contributed by atoms with Crippen LogP contribution in [-0.4, -0.2) is 38.9 Å². The molecule has 2 amide bonds. The predicted octanol–water partition coefficient (Wildman–Crippen LogP) is 3.69. The van der Waals surface area contributed by atoms with Gasteiger partial charge in [-0.2, -0.15) is 0 Å². The molecule has 0 saturated carbocycles. The van der Waals surface area contributed by atoms with E-state index < -0.39 is 0 Å². The number of aromatic nitrogens is 3. The van der Waals surface area contributed by atoms with Gasteiger partial charge < -0.3 is 14.6 Å². The second kappa shape index (κ2) is 8.99. The number of nitrogens with one attached hydrogen (secondary N) is 1. The van der Waals surface area contributed by atoms with E-state index in [1.54, 1.807) is 33.7 Å². The number of fused-ring (bicyclic) bond motifs is 1. The largest absolute Gasteiger partial charge is 0.482 e. The molecule has 1 N–H and O–H groups in total. The smallest absolute Gasteiger partial charge is 0.265 e. The summed E-state index contributed by atoms with van der Waals surface area (Å²) >= 11 is 7.13. The SMILES string of the molecule is CC(c1nnc(SCC(=O)Nc2ccc(Cl)cc2)n1C)N1C(=O)COc2ccccc21. The third kappa shape index (κ3) is 4.52. The first kappa shape index (κ1) is 21.2. The first-order valence-corrected chi connectivity index (χ1v) is 10.9. The first-order valence-electron chi connectivity index (χ1n) is 9.55. The summed E-state index contributed by atoms with van der Waals surface area (Å²) in [5.74, 6) is 1.13. The molecule has 0 fully saturated rings. The highest BCUT2D eigenvalue weighted by Crippen LogP contribution is 2.37. The molecule has 0 radical (unpaired) electrons. The summed E-state index contributed by atoms with van der Waals surface area (Å²) in [4.78, 5) is 26.5. The van der Waals surface area contributed by atoms with Gasteiger partial charge in [0, 0.05) is 17.8 Å². The summed E-state index contributed by atoms with van der Waals surface area (Å²) in [5, 5.41) is 12.5. The van der Waals surface area contributed by atoms with Crippen molar-refractivity contribution in [1.29, 1.82) is 0 Å². The van der Waals surface area contributed by atoms with Crippen molar-refractivity contribution >= 4 is 46.6 Å². The number of amides is 2. The second-order valence-electron chi connectivity index (χ2n) is 6.94. The van der Waals surface area contributed by atoms with Crippen LogP contribution in [0.5, 0.6) is 5.75 Å². The molecule has 1 atom stereocenters. The van der Waals surface area contributed by atoms with Gasteiger partial charge in [-0.15, -0.1) is 10.2 Å². The number of para-hydroxylation sites is 2. The minimum Gasteiger partial charge on any atom is -0.482 e. The lowest BCUT2D eigenvalue weighted by molar-refractivity contribution is -0.121. The zero-order valence-electron chi connectivity index (χ0n) is 16.9. The Hall–Kier alpha value is -3.04. The number of anilines is 2. The van der Waals surface area contributed by atoms with Crippen LogP contribution < -0.4 is 15.0 Å². The molecule has 1 unspecified atom stereocenters. The van der Waals surface area contributed by atoms with Gasteiger partial charge in [0.05, 0.1) is 17.5 Å². The fraction of sp³-hybridized carbons (Fsp3) is 0.238. The number of carbonyl (C=O) groups is 2. The molecule has 1 aliphatic heterocycles. The van der Waals surface area contributed by atoms with Gasteiger partial charge in [-0.25, -0.2) is 0 Å². The van der Waals surface area contributed by atoms with Crippen LogP contribution in [0, 0.1) is 0 Å². The third-order valence-electron chi connectivity index (χ3n) is 4.83. The summed E-state index contributed by atoms with van der Waals surface area (Å²) < 4.78 is 7.32. The number of hydrogen-bond acceptors (Lipinski definition) is 6. The van der Waals surface area contributed by atoms with Gasteiger partial charge in [-0.05, 0) is 43.3 Å². The number of rotatable bonds is 6. The summed E-state index contributed by atoms with van der Waals surface area (Å²) in [6.07, 6.45) is 0. The summed E-state index contributed by atoms with van der Waals surface area (Å²) in [7, 11) is 1.82. The van der Waals surface area contributed by atoms with Gasteiger partial charge in [0.15, 0.2) is 17.6 Å². The maximum Gasteiger partial charge on any atom is 0.265 e. The Balaban J connectivity index is 1.45. The predicted molar refractivity (Wildman–Crippen MR) is 120 cm³/mol. The van der Waals surface area contributed by atoms with Crippen LogP contribution in [0.25, 0.3) is 0 Å². The van der Waals surface area contributed by atoms with Crippen LogP contribution >= 0.6 is 23.4 Å². The van der Waals surface area contributed by atoms with Crippen molar-refractivity contribution in [2.24, 2.45) is 7.05 Å². The van der Waals surface area contributed by atoms with Crippen molar-refractivity contribution in [2.45, 2.75) is 18.1 Å². The average molecular weight is 458 g/mol. The fourth-order valence-corrected chi connectivity index (χ4v) is 4.18. The Kier molecular flexibility index (Phi) is 6.15. The van der Waals surface area contributed by atoms with Crippen LogP contribution in [0.2, 0.25) is 5.02 Å². The maximum atomic E-state index is 12.6. The quantitative estimate of drug-likeness (QED) is 0.568. The molecular formula is C21H20ClN5O3S. The van der Waals surface area contributed by atoms with E-state index in [0.29, 0.717) is 33.1 Å². The molecule has 160 valence electrons. The van der Waals surface area contributed by atoms with Crippen LogP contribution in [0.15, 0.2) is 53.7 Å². The molecule has 2 aromatic carbocycles. The van der Waals surface area contributed by atoms with Gasteiger partial charge in [-0.1, -0.05) is 35.5 Å². The zero-order valence-corrected chi connectivity index (χ0v) is 18.5. The molecule has 1 aliphatic rings. The highest BCUT2D eigenvalue weighted by molar-refractivity contribution is 7.99. The molecule has 2 heterocycles. The molecule has 8 nitrogen and oxygen atoms in total. The standard InChI is InChI=1S/C21H20ClN5O3S/c1-13(27-16-5-3-4-6-17(16)30-11-19(27)29)20-24-25-21(26(20)2)31-12-18(28)23-15-9-7-14(22)8-10-15/h3-10,13H,11-12H2,1-2H3,(H,23,28). The number of benzene rings is 2. The highest BCUT2D eigenvalue weighted by Gasteiger charge is 2.32. The molecule has 0 bridgehead atoms. The van der Waals surface area contributed by atoms with Gasteiger partial charge in [0.1, 0.15) is 5.75 Å². The normalized spacial score (nSPS) is 14.0. The summed E-state index contributed by atoms with van der Waals surface area (Å²) in [6, 6.07) is 14.0. The van der Waals surface area contributed by atoms with Crippen molar-refractivity contribution in [2.75, 3.05) is 22.6 Å². The van der Waals surface area contributed by atoms with E-state index >= 15 is 0 Å². The fourth-order valence-electron chi connectivity index (χ4n) is 3.34. The zero-order chi connectivity index (χ0) is 22.0. The number of hydrogen-bond donors (Lipinski definition) is 1. The van der Waals surface area contributed by atoms with E-state index in [1.165, 1.54) is 11.8 Å². The van der Waals surface area contributed by atoms with Gasteiger partial charge >= 0.3 is 0 Å². The topological polar surface area (TPSA) is 89.4 Å². The van der Waals surface area contributed by atoms with E-state index in [-0.39, 0.29) is 30.2 Å². The molecule has 3 aromatic rings. The molecule has 10 heteroatoms. The van der Waals surface area contributed by atoms with E-state index in [2.05, 4.69) is 15.5 Å². The number of carbonyl (C=O) groups excluding carboxylic acids is 2. The van der Waals surface area contributed by atoms with Gasteiger partial charge in [0.2, 0.25) is 5.91 Å². The van der Waals surface area contributed by atoms with E-state index in [4.69, 9.17) is 16.3 Å². The minimum atomic E-state index is -0.354. The number of halogens is 1. The molecule has 4 rings (SSSR count). The molecular weight excluding hydrogens is 438 g/mol. The maximum absolute atomic E-state index is 12.6. The number of thioether (sulfide) groups is 1. The molecule has 1 aromatic heterocycles. The lowest BCUT2D eigenvalue weighted by atomic mass is 10.1. The van der Waals surface area contributed by atoms with E-state index in [0.717, 1.165) is 0 Å². The summed E-state index contributed by atoms with van der Waals surface area (Å²) in [6.45, 7) is 1.87. The lowest BCUT2D eigenvalue weighted by Gasteiger charge is -2.33. The van der Waals surface area contributed by atoms with Gasteiger partial charge in [-0.3, -0.25) is 14.5 Å².